The van der Waals surface area contributed by atoms with E-state index >= 15 is 0 Å². The lowest BCUT2D eigenvalue weighted by Crippen LogP contribution is -2.47. The van der Waals surface area contributed by atoms with Crippen molar-refractivity contribution in [2.75, 3.05) is 12.3 Å². The molecule has 1 aromatic heterocycles. The third kappa shape index (κ3) is 4.19. The van der Waals surface area contributed by atoms with Crippen LogP contribution in [0.2, 0.25) is 0 Å². The highest BCUT2D eigenvalue weighted by Crippen LogP contribution is 2.42. The number of rotatable bonds is 5. The first kappa shape index (κ1) is 16.3. The van der Waals surface area contributed by atoms with Gasteiger partial charge in [0.1, 0.15) is 5.82 Å². The van der Waals surface area contributed by atoms with Gasteiger partial charge in [-0.25, -0.2) is 4.98 Å². The molecule has 1 fully saturated rings. The van der Waals surface area contributed by atoms with E-state index in [1.165, 1.54) is 24.8 Å². The van der Waals surface area contributed by atoms with Crippen molar-refractivity contribution in [1.82, 2.24) is 10.3 Å². The second kappa shape index (κ2) is 6.78. The van der Waals surface area contributed by atoms with Gasteiger partial charge < -0.3 is 11.1 Å². The van der Waals surface area contributed by atoms with Crippen LogP contribution < -0.4 is 11.1 Å². The molecular weight excluding hydrogens is 258 g/mol. The Morgan fingerprint density at radius 3 is 2.81 bits per heavy atom. The normalized spacial score (nSPS) is 26.8. The monoisotopic (exact) mass is 289 g/mol. The molecule has 1 saturated carbocycles. The van der Waals surface area contributed by atoms with Crippen molar-refractivity contribution in [3.63, 3.8) is 0 Å². The van der Waals surface area contributed by atoms with Gasteiger partial charge in [-0.3, -0.25) is 0 Å². The molecule has 1 heterocycles. The van der Waals surface area contributed by atoms with Crippen LogP contribution in [0.25, 0.3) is 0 Å². The number of hydrogen-bond donors (Lipinski definition) is 2. The predicted octanol–water partition coefficient (Wildman–Crippen LogP) is 3.65. The summed E-state index contributed by atoms with van der Waals surface area (Å²) in [6, 6.07) is 4.77. The molecule has 21 heavy (non-hydrogen) atoms. The van der Waals surface area contributed by atoms with Crippen LogP contribution in [0.15, 0.2) is 18.3 Å². The fourth-order valence-electron chi connectivity index (χ4n) is 4.07. The second-order valence-corrected chi connectivity index (χ2v) is 7.44. The van der Waals surface area contributed by atoms with Gasteiger partial charge in [0.25, 0.3) is 0 Å². The number of nitrogens with one attached hydrogen (secondary N) is 1. The Morgan fingerprint density at radius 2 is 2.14 bits per heavy atom. The van der Waals surface area contributed by atoms with E-state index in [9.17, 15) is 0 Å². The van der Waals surface area contributed by atoms with E-state index in [2.05, 4.69) is 44.1 Å². The summed E-state index contributed by atoms with van der Waals surface area (Å²) < 4.78 is 0. The molecule has 1 aliphatic carbocycles. The molecule has 0 saturated heterocycles. The molecule has 0 spiro atoms. The van der Waals surface area contributed by atoms with Crippen LogP contribution >= 0.6 is 0 Å². The highest BCUT2D eigenvalue weighted by molar-refractivity contribution is 5.32. The van der Waals surface area contributed by atoms with Crippen LogP contribution in [-0.4, -0.2) is 17.6 Å². The minimum atomic E-state index is 0.279. The minimum absolute atomic E-state index is 0.279. The zero-order chi connectivity index (χ0) is 15.5. The molecule has 0 aromatic carbocycles. The maximum atomic E-state index is 5.83. The first-order chi connectivity index (χ1) is 9.92. The molecule has 0 bridgehead atoms. The third-order valence-corrected chi connectivity index (χ3v) is 5.09. The zero-order valence-electron chi connectivity index (χ0n) is 14.0. The average Bonchev–Trinajstić information content (AvgIpc) is 2.38. The highest BCUT2D eigenvalue weighted by atomic mass is 14.9. The molecule has 3 N–H and O–H groups in total. The van der Waals surface area contributed by atoms with E-state index in [1.807, 2.05) is 12.3 Å². The third-order valence-electron chi connectivity index (χ3n) is 5.09. The van der Waals surface area contributed by atoms with Crippen LogP contribution in [0.3, 0.4) is 0 Å². The molecule has 0 radical (unpaired) electrons. The van der Waals surface area contributed by atoms with E-state index in [1.54, 1.807) is 0 Å². The van der Waals surface area contributed by atoms with Gasteiger partial charge in [-0.05, 0) is 60.8 Å². The quantitative estimate of drug-likeness (QED) is 0.870. The van der Waals surface area contributed by atoms with Crippen molar-refractivity contribution in [3.8, 4) is 0 Å². The molecule has 3 atom stereocenters. The Kier molecular flexibility index (Phi) is 5.26. The topological polar surface area (TPSA) is 50.9 Å². The van der Waals surface area contributed by atoms with E-state index in [-0.39, 0.29) is 5.41 Å². The summed E-state index contributed by atoms with van der Waals surface area (Å²) in [7, 11) is 0. The van der Waals surface area contributed by atoms with Gasteiger partial charge in [-0.1, -0.05) is 34.1 Å². The maximum Gasteiger partial charge on any atom is 0.123 e. The lowest BCUT2D eigenvalue weighted by Gasteiger charge is -2.45. The smallest absolute Gasteiger partial charge is 0.123 e. The molecule has 0 aliphatic heterocycles. The van der Waals surface area contributed by atoms with Crippen LogP contribution in [0.5, 0.6) is 0 Å². The summed E-state index contributed by atoms with van der Waals surface area (Å²) in [4.78, 5) is 4.10. The van der Waals surface area contributed by atoms with Gasteiger partial charge in [0.15, 0.2) is 0 Å². The summed E-state index contributed by atoms with van der Waals surface area (Å²) in [5.74, 6) is 2.20. The summed E-state index contributed by atoms with van der Waals surface area (Å²) >= 11 is 0. The van der Waals surface area contributed by atoms with Crippen molar-refractivity contribution < 1.29 is 0 Å². The first-order valence-electron chi connectivity index (χ1n) is 8.36. The SMILES string of the molecule is CCNC1CC(C)CCC1C(C)(C)Cc1ccnc(N)c1. The van der Waals surface area contributed by atoms with Gasteiger partial charge in [0.05, 0.1) is 0 Å². The first-order valence-corrected chi connectivity index (χ1v) is 8.36. The van der Waals surface area contributed by atoms with E-state index in [0.717, 1.165) is 24.8 Å². The number of nitrogens with zero attached hydrogens (tertiary/aromatic N) is 1. The molecule has 2 rings (SSSR count). The molecule has 3 heteroatoms. The van der Waals surface area contributed by atoms with Gasteiger partial charge in [0.2, 0.25) is 0 Å². The molecule has 1 aliphatic rings. The standard InChI is InChI=1S/C18H31N3/c1-5-20-16-10-13(2)6-7-15(16)18(3,4)12-14-8-9-21-17(19)11-14/h8-9,11,13,15-16,20H,5-7,10,12H2,1-4H3,(H2,19,21). The van der Waals surface area contributed by atoms with E-state index < -0.39 is 0 Å². The van der Waals surface area contributed by atoms with E-state index in [0.29, 0.717) is 11.9 Å². The molecule has 118 valence electrons. The molecule has 0 amide bonds. The number of aromatic nitrogens is 1. The number of nitrogen functional groups attached to an aromatic ring is 1. The molecule has 3 nitrogen and oxygen atoms in total. The number of nitrogens with two attached hydrogens (primary N) is 1. The fraction of sp³-hybridized carbons (Fsp3) is 0.722. The lowest BCUT2D eigenvalue weighted by atomic mass is 9.64. The Labute approximate surface area is 129 Å². The Hall–Kier alpha value is -1.09. The number of anilines is 1. The summed E-state index contributed by atoms with van der Waals surface area (Å²) in [5.41, 5.74) is 7.41. The minimum Gasteiger partial charge on any atom is -0.384 e. The lowest BCUT2D eigenvalue weighted by molar-refractivity contribution is 0.0950. The fourth-order valence-corrected chi connectivity index (χ4v) is 4.07. The average molecular weight is 289 g/mol. The van der Waals surface area contributed by atoms with Crippen LogP contribution in [0.1, 0.15) is 52.5 Å². The Morgan fingerprint density at radius 1 is 1.38 bits per heavy atom. The second-order valence-electron chi connectivity index (χ2n) is 7.44. The van der Waals surface area contributed by atoms with Crippen molar-refractivity contribution in [1.29, 1.82) is 0 Å². The van der Waals surface area contributed by atoms with Gasteiger partial charge in [-0.2, -0.15) is 0 Å². The van der Waals surface area contributed by atoms with Crippen molar-refractivity contribution >= 4 is 5.82 Å². The summed E-state index contributed by atoms with van der Waals surface area (Å²) in [6.45, 7) is 10.5. The van der Waals surface area contributed by atoms with Gasteiger partial charge >= 0.3 is 0 Å². The maximum absolute atomic E-state index is 5.83. The molecule has 3 unspecified atom stereocenters. The van der Waals surface area contributed by atoms with Crippen LogP contribution in [0, 0.1) is 17.3 Å². The summed E-state index contributed by atoms with van der Waals surface area (Å²) in [5, 5.41) is 3.73. The zero-order valence-corrected chi connectivity index (χ0v) is 14.0. The number of hydrogen-bond acceptors (Lipinski definition) is 3. The van der Waals surface area contributed by atoms with Crippen molar-refractivity contribution in [2.45, 2.75) is 59.4 Å². The predicted molar refractivity (Wildman–Crippen MR) is 90.1 cm³/mol. The summed E-state index contributed by atoms with van der Waals surface area (Å²) in [6.07, 6.45) is 6.88. The molecule has 1 aromatic rings. The van der Waals surface area contributed by atoms with Gasteiger partial charge in [0, 0.05) is 12.2 Å². The Bertz CT molecular complexity index is 456. The molecular formula is C18H31N3. The van der Waals surface area contributed by atoms with Crippen molar-refractivity contribution in [2.24, 2.45) is 17.3 Å². The van der Waals surface area contributed by atoms with E-state index in [4.69, 9.17) is 5.73 Å². The van der Waals surface area contributed by atoms with Crippen molar-refractivity contribution in [3.05, 3.63) is 23.9 Å². The van der Waals surface area contributed by atoms with Crippen LogP contribution in [0.4, 0.5) is 5.82 Å². The largest absolute Gasteiger partial charge is 0.384 e. The van der Waals surface area contributed by atoms with Crippen LogP contribution in [-0.2, 0) is 6.42 Å². The highest BCUT2D eigenvalue weighted by Gasteiger charge is 2.38. The number of pyridine rings is 1. The van der Waals surface area contributed by atoms with Gasteiger partial charge in [-0.15, -0.1) is 0 Å². The Balaban J connectivity index is 2.12.